The second-order valence-corrected chi connectivity index (χ2v) is 5.77. The summed E-state index contributed by atoms with van der Waals surface area (Å²) < 4.78 is 1.79. The molecule has 2 heterocycles. The zero-order valence-corrected chi connectivity index (χ0v) is 12.1. The molecule has 1 atom stereocenters. The molecular formula is C13H17ClN2OS. The Kier molecular flexibility index (Phi) is 4.43. The van der Waals surface area contributed by atoms with E-state index in [1.807, 2.05) is 6.07 Å². The molecule has 0 aliphatic carbocycles. The van der Waals surface area contributed by atoms with Crippen LogP contribution in [0.25, 0.3) is 0 Å². The zero-order valence-electron chi connectivity index (χ0n) is 10.6. The molecule has 1 N–H and O–H groups in total. The third kappa shape index (κ3) is 2.60. The van der Waals surface area contributed by atoms with Crippen LogP contribution in [0.5, 0.6) is 0 Å². The first-order valence-corrected chi connectivity index (χ1v) is 7.34. The molecule has 0 bridgehead atoms. The lowest BCUT2D eigenvalue weighted by atomic mass is 10.2. The van der Waals surface area contributed by atoms with Gasteiger partial charge in [-0.1, -0.05) is 25.4 Å². The number of hydrogen-bond acceptors (Lipinski definition) is 3. The van der Waals surface area contributed by atoms with Gasteiger partial charge < -0.3 is 5.11 Å². The number of aliphatic hydroxyl groups is 1. The summed E-state index contributed by atoms with van der Waals surface area (Å²) in [5.74, 6) is 0. The Hall–Kier alpha value is -0.840. The molecule has 5 heteroatoms. The van der Waals surface area contributed by atoms with Crippen LogP contribution in [-0.4, -0.2) is 14.9 Å². The van der Waals surface area contributed by atoms with Crippen LogP contribution in [0.15, 0.2) is 18.3 Å². The van der Waals surface area contributed by atoms with Gasteiger partial charge in [0.25, 0.3) is 0 Å². The van der Waals surface area contributed by atoms with E-state index in [2.05, 4.69) is 25.0 Å². The van der Waals surface area contributed by atoms with Gasteiger partial charge in [-0.15, -0.1) is 11.3 Å². The first kappa shape index (κ1) is 13.6. The van der Waals surface area contributed by atoms with E-state index < -0.39 is 6.10 Å². The summed E-state index contributed by atoms with van der Waals surface area (Å²) in [7, 11) is 0. The van der Waals surface area contributed by atoms with E-state index in [0.717, 1.165) is 24.3 Å². The van der Waals surface area contributed by atoms with Crippen molar-refractivity contribution in [2.75, 3.05) is 0 Å². The fraction of sp³-hybridized carbons (Fsp3) is 0.462. The Labute approximate surface area is 116 Å². The average Bonchev–Trinajstić information content (AvgIpc) is 2.96. The lowest BCUT2D eigenvalue weighted by molar-refractivity contribution is 0.211. The van der Waals surface area contributed by atoms with Crippen molar-refractivity contribution >= 4 is 22.9 Å². The minimum Gasteiger partial charge on any atom is -0.381 e. The largest absolute Gasteiger partial charge is 0.381 e. The van der Waals surface area contributed by atoms with E-state index in [1.54, 1.807) is 22.2 Å². The highest BCUT2D eigenvalue weighted by molar-refractivity contribution is 7.12. The summed E-state index contributed by atoms with van der Waals surface area (Å²) in [6, 6.07) is 4.02. The van der Waals surface area contributed by atoms with Crippen LogP contribution in [0.1, 0.15) is 41.8 Å². The molecule has 0 radical (unpaired) electrons. The quantitative estimate of drug-likeness (QED) is 0.910. The van der Waals surface area contributed by atoms with Crippen molar-refractivity contribution < 1.29 is 5.11 Å². The SMILES string of the molecule is CCCn1ncc(Cl)c1C(O)c1ccc(CC)s1. The standard InChI is InChI=1S/C13H17ClN2OS/c1-3-7-16-12(10(14)8-15-16)13(17)11-6-5-9(4-2)18-11/h5-6,8,13,17H,3-4,7H2,1-2H3. The van der Waals surface area contributed by atoms with E-state index in [4.69, 9.17) is 11.6 Å². The molecular weight excluding hydrogens is 268 g/mol. The maximum Gasteiger partial charge on any atom is 0.131 e. The summed E-state index contributed by atoms with van der Waals surface area (Å²) in [5, 5.41) is 15.2. The number of aromatic nitrogens is 2. The first-order valence-electron chi connectivity index (χ1n) is 6.15. The molecule has 0 saturated heterocycles. The monoisotopic (exact) mass is 284 g/mol. The maximum atomic E-state index is 10.4. The second kappa shape index (κ2) is 5.87. The van der Waals surface area contributed by atoms with Crippen LogP contribution >= 0.6 is 22.9 Å². The summed E-state index contributed by atoms with van der Waals surface area (Å²) >= 11 is 7.75. The summed E-state index contributed by atoms with van der Waals surface area (Å²) in [4.78, 5) is 2.19. The number of aliphatic hydroxyl groups excluding tert-OH is 1. The van der Waals surface area contributed by atoms with Gasteiger partial charge in [-0.2, -0.15) is 5.10 Å². The topological polar surface area (TPSA) is 38.0 Å². The molecule has 2 rings (SSSR count). The molecule has 0 spiro atoms. The summed E-state index contributed by atoms with van der Waals surface area (Å²) in [5.41, 5.74) is 0.697. The Morgan fingerprint density at radius 2 is 2.22 bits per heavy atom. The molecule has 2 aromatic heterocycles. The van der Waals surface area contributed by atoms with Crippen molar-refractivity contribution in [1.29, 1.82) is 0 Å². The van der Waals surface area contributed by atoms with Gasteiger partial charge in [0.05, 0.1) is 16.9 Å². The molecule has 2 aromatic rings. The summed E-state index contributed by atoms with van der Waals surface area (Å²) in [6.07, 6.45) is 2.86. The highest BCUT2D eigenvalue weighted by Crippen LogP contribution is 2.32. The molecule has 1 unspecified atom stereocenters. The molecule has 98 valence electrons. The molecule has 18 heavy (non-hydrogen) atoms. The van der Waals surface area contributed by atoms with Crippen LogP contribution in [0.3, 0.4) is 0 Å². The first-order chi connectivity index (χ1) is 8.67. The van der Waals surface area contributed by atoms with Crippen molar-refractivity contribution in [2.45, 2.75) is 39.3 Å². The summed E-state index contributed by atoms with van der Waals surface area (Å²) in [6.45, 7) is 4.95. The Morgan fingerprint density at radius 3 is 2.83 bits per heavy atom. The minimum absolute atomic E-state index is 0.530. The van der Waals surface area contributed by atoms with Gasteiger partial charge >= 0.3 is 0 Å². The number of nitrogens with zero attached hydrogens (tertiary/aromatic N) is 2. The number of hydrogen-bond donors (Lipinski definition) is 1. The fourth-order valence-corrected chi connectivity index (χ4v) is 3.09. The molecule has 0 saturated carbocycles. The lowest BCUT2D eigenvalue weighted by Crippen LogP contribution is -2.09. The van der Waals surface area contributed by atoms with Crippen molar-refractivity contribution in [3.8, 4) is 0 Å². The van der Waals surface area contributed by atoms with Crippen molar-refractivity contribution in [2.24, 2.45) is 0 Å². The van der Waals surface area contributed by atoms with Gasteiger partial charge in [-0.3, -0.25) is 4.68 Å². The van der Waals surface area contributed by atoms with Crippen molar-refractivity contribution in [3.63, 3.8) is 0 Å². The van der Waals surface area contributed by atoms with Crippen LogP contribution < -0.4 is 0 Å². The minimum atomic E-state index is -0.683. The Bertz CT molecular complexity index is 521. The van der Waals surface area contributed by atoms with Crippen LogP contribution in [0.2, 0.25) is 5.02 Å². The third-order valence-electron chi connectivity index (χ3n) is 2.83. The highest BCUT2D eigenvalue weighted by atomic mass is 35.5. The predicted molar refractivity (Wildman–Crippen MR) is 75.3 cm³/mol. The van der Waals surface area contributed by atoms with Gasteiger partial charge in [0.15, 0.2) is 0 Å². The van der Waals surface area contributed by atoms with Crippen LogP contribution in [0, 0.1) is 0 Å². The zero-order chi connectivity index (χ0) is 13.1. The smallest absolute Gasteiger partial charge is 0.131 e. The third-order valence-corrected chi connectivity index (χ3v) is 4.40. The van der Waals surface area contributed by atoms with Crippen molar-refractivity contribution in [1.82, 2.24) is 9.78 Å². The molecule has 0 amide bonds. The van der Waals surface area contributed by atoms with Gasteiger partial charge in [-0.25, -0.2) is 0 Å². The van der Waals surface area contributed by atoms with E-state index in [1.165, 1.54) is 4.88 Å². The Morgan fingerprint density at radius 1 is 1.44 bits per heavy atom. The van der Waals surface area contributed by atoms with Gasteiger partial charge in [0, 0.05) is 16.3 Å². The predicted octanol–water partition coefficient (Wildman–Crippen LogP) is 3.65. The van der Waals surface area contributed by atoms with E-state index in [-0.39, 0.29) is 0 Å². The maximum absolute atomic E-state index is 10.4. The molecule has 0 aliphatic heterocycles. The molecule has 0 aliphatic rings. The fourth-order valence-electron chi connectivity index (χ4n) is 1.90. The van der Waals surface area contributed by atoms with Crippen LogP contribution in [0.4, 0.5) is 0 Å². The number of aryl methyl sites for hydroxylation is 2. The second-order valence-electron chi connectivity index (χ2n) is 4.16. The van der Waals surface area contributed by atoms with Gasteiger partial charge in [0.1, 0.15) is 6.10 Å². The molecule has 0 fully saturated rings. The van der Waals surface area contributed by atoms with E-state index in [0.29, 0.717) is 10.7 Å². The van der Waals surface area contributed by atoms with Gasteiger partial charge in [-0.05, 0) is 25.0 Å². The number of rotatable bonds is 5. The van der Waals surface area contributed by atoms with E-state index in [9.17, 15) is 5.11 Å². The van der Waals surface area contributed by atoms with E-state index >= 15 is 0 Å². The van der Waals surface area contributed by atoms with Gasteiger partial charge in [0.2, 0.25) is 0 Å². The highest BCUT2D eigenvalue weighted by Gasteiger charge is 2.21. The lowest BCUT2D eigenvalue weighted by Gasteiger charge is -2.12. The number of halogens is 1. The molecule has 3 nitrogen and oxygen atoms in total. The van der Waals surface area contributed by atoms with Crippen LogP contribution in [-0.2, 0) is 13.0 Å². The normalized spacial score (nSPS) is 12.9. The van der Waals surface area contributed by atoms with Crippen molar-refractivity contribution in [3.05, 3.63) is 38.8 Å². The number of thiophene rings is 1. The Balaban J connectivity index is 2.32. The molecule has 0 aromatic carbocycles. The average molecular weight is 285 g/mol.